The van der Waals surface area contributed by atoms with Crippen molar-refractivity contribution in [3.05, 3.63) is 53.2 Å². The Morgan fingerprint density at radius 2 is 1.79 bits per heavy atom. The number of H-pyrrole nitrogens is 1. The zero-order valence-corrected chi connectivity index (χ0v) is 17.7. The summed E-state index contributed by atoms with van der Waals surface area (Å²) in [5.41, 5.74) is 3.49. The average Bonchev–Trinajstić information content (AvgIpc) is 2.97. The Balaban J connectivity index is 1.94. The Hall–Kier alpha value is -2.84. The number of nitrogens with one attached hydrogen (secondary N) is 2. The molecule has 8 heteroatoms. The first-order valence-corrected chi connectivity index (χ1v) is 10.9. The van der Waals surface area contributed by atoms with Crippen molar-refractivity contribution in [2.24, 2.45) is 0 Å². The highest BCUT2D eigenvalue weighted by molar-refractivity contribution is 7.89. The van der Waals surface area contributed by atoms with Gasteiger partial charge >= 0.3 is 0 Å². The molecule has 3 aromatic rings. The molecule has 1 amide bonds. The lowest BCUT2D eigenvalue weighted by molar-refractivity contribution is 0.102. The van der Waals surface area contributed by atoms with Gasteiger partial charge in [0.2, 0.25) is 10.0 Å². The Morgan fingerprint density at radius 1 is 1.10 bits per heavy atom. The first kappa shape index (κ1) is 20.9. The third-order valence-electron chi connectivity index (χ3n) is 5.13. The highest BCUT2D eigenvalue weighted by Crippen LogP contribution is 2.29. The number of hydrogen-bond acceptors (Lipinski definition) is 4. The van der Waals surface area contributed by atoms with E-state index in [9.17, 15) is 18.3 Å². The number of aryl methyl sites for hydroxylation is 2. The number of phenolic OH excluding ortho intramolecular Hbond substituents is 1. The van der Waals surface area contributed by atoms with Crippen molar-refractivity contribution < 1.29 is 18.3 Å². The molecule has 3 N–H and O–H groups in total. The lowest BCUT2D eigenvalue weighted by Crippen LogP contribution is -2.30. The number of carbonyl (C=O) groups is 1. The summed E-state index contributed by atoms with van der Waals surface area (Å²) in [5, 5.41) is 13.7. The first-order chi connectivity index (χ1) is 13.7. The molecule has 29 heavy (non-hydrogen) atoms. The number of fused-ring (bicyclic) bond motifs is 1. The van der Waals surface area contributed by atoms with Gasteiger partial charge in [-0.1, -0.05) is 13.8 Å². The van der Waals surface area contributed by atoms with Gasteiger partial charge < -0.3 is 15.4 Å². The third-order valence-corrected chi connectivity index (χ3v) is 7.18. The van der Waals surface area contributed by atoms with Gasteiger partial charge in [-0.15, -0.1) is 0 Å². The second-order valence-corrected chi connectivity index (χ2v) is 8.80. The number of aromatic nitrogens is 1. The second-order valence-electron chi connectivity index (χ2n) is 6.86. The largest absolute Gasteiger partial charge is 0.506 e. The standard InChI is InChI=1S/C21H25N3O4S/c1-5-24(6-2)29(27,28)16-8-10-20(25)19(12-16)23-21(26)15-7-9-18-17(11-15)13(3)14(4)22-18/h7-12,22,25H,5-6H2,1-4H3,(H,23,26). The van der Waals surface area contributed by atoms with Crippen LogP contribution in [0.3, 0.4) is 0 Å². The molecule has 3 rings (SSSR count). The Morgan fingerprint density at radius 3 is 2.45 bits per heavy atom. The van der Waals surface area contributed by atoms with Crippen molar-refractivity contribution in [3.8, 4) is 5.75 Å². The molecule has 0 saturated heterocycles. The van der Waals surface area contributed by atoms with Gasteiger partial charge in [0, 0.05) is 35.2 Å². The van der Waals surface area contributed by atoms with E-state index < -0.39 is 15.9 Å². The van der Waals surface area contributed by atoms with Crippen molar-refractivity contribution in [1.82, 2.24) is 9.29 Å². The number of rotatable bonds is 6. The fraction of sp³-hybridized carbons (Fsp3) is 0.286. The smallest absolute Gasteiger partial charge is 0.255 e. The fourth-order valence-electron chi connectivity index (χ4n) is 3.29. The van der Waals surface area contributed by atoms with E-state index >= 15 is 0 Å². The quantitative estimate of drug-likeness (QED) is 0.533. The molecule has 1 heterocycles. The third kappa shape index (κ3) is 3.86. The molecule has 0 saturated carbocycles. The van der Waals surface area contributed by atoms with Crippen LogP contribution in [0.4, 0.5) is 5.69 Å². The molecule has 0 fully saturated rings. The lowest BCUT2D eigenvalue weighted by atomic mass is 10.1. The number of anilines is 1. The summed E-state index contributed by atoms with van der Waals surface area (Å²) in [6.45, 7) is 8.11. The minimum Gasteiger partial charge on any atom is -0.506 e. The summed E-state index contributed by atoms with van der Waals surface area (Å²) >= 11 is 0. The predicted octanol–water partition coefficient (Wildman–Crippen LogP) is 3.77. The van der Waals surface area contributed by atoms with Gasteiger partial charge in [0.25, 0.3) is 5.91 Å². The summed E-state index contributed by atoms with van der Waals surface area (Å²) in [4.78, 5) is 16.0. The van der Waals surface area contributed by atoms with Gasteiger partial charge in [-0.3, -0.25) is 4.79 Å². The maximum Gasteiger partial charge on any atom is 0.255 e. The molecule has 2 aromatic carbocycles. The first-order valence-electron chi connectivity index (χ1n) is 9.42. The fourth-order valence-corrected chi connectivity index (χ4v) is 4.77. The van der Waals surface area contributed by atoms with E-state index in [-0.39, 0.29) is 16.3 Å². The molecule has 0 bridgehead atoms. The Kier molecular flexibility index (Phi) is 5.68. The van der Waals surface area contributed by atoms with E-state index in [1.807, 2.05) is 19.9 Å². The maximum atomic E-state index is 12.7. The van der Waals surface area contributed by atoms with Crippen LogP contribution in [-0.4, -0.2) is 41.8 Å². The van der Waals surface area contributed by atoms with Gasteiger partial charge in [0.15, 0.2) is 0 Å². The molecule has 0 unspecified atom stereocenters. The van der Waals surface area contributed by atoms with Crippen LogP contribution in [-0.2, 0) is 10.0 Å². The molecule has 0 aliphatic rings. The molecule has 1 aromatic heterocycles. The number of hydrogen-bond donors (Lipinski definition) is 3. The molecule has 154 valence electrons. The van der Waals surface area contributed by atoms with Crippen molar-refractivity contribution in [2.45, 2.75) is 32.6 Å². The van der Waals surface area contributed by atoms with Crippen molar-refractivity contribution in [1.29, 1.82) is 0 Å². The van der Waals surface area contributed by atoms with Gasteiger partial charge in [0.1, 0.15) is 5.75 Å². The zero-order valence-electron chi connectivity index (χ0n) is 16.9. The van der Waals surface area contributed by atoms with Crippen LogP contribution in [0, 0.1) is 13.8 Å². The van der Waals surface area contributed by atoms with E-state index in [0.717, 1.165) is 22.2 Å². The highest BCUT2D eigenvalue weighted by atomic mass is 32.2. The van der Waals surface area contributed by atoms with Gasteiger partial charge in [-0.25, -0.2) is 8.42 Å². The van der Waals surface area contributed by atoms with Crippen LogP contribution in [0.15, 0.2) is 41.3 Å². The second kappa shape index (κ2) is 7.88. The van der Waals surface area contributed by atoms with Crippen LogP contribution >= 0.6 is 0 Å². The van der Waals surface area contributed by atoms with Gasteiger partial charge in [-0.2, -0.15) is 4.31 Å². The zero-order chi connectivity index (χ0) is 21.3. The number of aromatic hydroxyl groups is 1. The molecule has 0 spiro atoms. The summed E-state index contributed by atoms with van der Waals surface area (Å²) in [7, 11) is -3.71. The summed E-state index contributed by atoms with van der Waals surface area (Å²) in [6.07, 6.45) is 0. The van der Waals surface area contributed by atoms with Gasteiger partial charge in [0.05, 0.1) is 10.6 Å². The normalized spacial score (nSPS) is 11.9. The van der Waals surface area contributed by atoms with E-state index in [1.54, 1.807) is 26.0 Å². The number of phenols is 1. The number of aromatic amines is 1. The van der Waals surface area contributed by atoms with Crippen molar-refractivity contribution >= 4 is 32.5 Å². The summed E-state index contributed by atoms with van der Waals surface area (Å²) in [6, 6.07) is 9.17. The summed E-state index contributed by atoms with van der Waals surface area (Å²) < 4.78 is 26.8. The minimum absolute atomic E-state index is 0.0156. The minimum atomic E-state index is -3.71. The van der Waals surface area contributed by atoms with E-state index in [0.29, 0.717) is 18.7 Å². The van der Waals surface area contributed by atoms with Crippen molar-refractivity contribution in [3.63, 3.8) is 0 Å². The number of amides is 1. The molecule has 0 aliphatic carbocycles. The molecular weight excluding hydrogens is 390 g/mol. The van der Waals surface area contributed by atoms with Crippen LogP contribution in [0.25, 0.3) is 10.9 Å². The van der Waals surface area contributed by atoms with E-state index in [2.05, 4.69) is 10.3 Å². The number of sulfonamides is 1. The number of benzene rings is 2. The molecule has 0 atom stereocenters. The average molecular weight is 416 g/mol. The molecule has 7 nitrogen and oxygen atoms in total. The van der Waals surface area contributed by atoms with Crippen molar-refractivity contribution in [2.75, 3.05) is 18.4 Å². The molecular formula is C21H25N3O4S. The van der Waals surface area contributed by atoms with E-state index in [1.165, 1.54) is 22.5 Å². The SMILES string of the molecule is CCN(CC)S(=O)(=O)c1ccc(O)c(NC(=O)c2ccc3[nH]c(C)c(C)c3c2)c1. The van der Waals surface area contributed by atoms with Crippen LogP contribution in [0.1, 0.15) is 35.5 Å². The Bertz CT molecular complexity index is 1180. The van der Waals surface area contributed by atoms with Crippen LogP contribution in [0.5, 0.6) is 5.75 Å². The van der Waals surface area contributed by atoms with Crippen LogP contribution < -0.4 is 5.32 Å². The lowest BCUT2D eigenvalue weighted by Gasteiger charge is -2.19. The van der Waals surface area contributed by atoms with Gasteiger partial charge in [-0.05, 0) is 55.8 Å². The predicted molar refractivity (Wildman–Crippen MR) is 114 cm³/mol. The maximum absolute atomic E-state index is 12.7. The highest BCUT2D eigenvalue weighted by Gasteiger charge is 2.23. The number of carbonyl (C=O) groups excluding carboxylic acids is 1. The van der Waals surface area contributed by atoms with E-state index in [4.69, 9.17) is 0 Å². The topological polar surface area (TPSA) is 102 Å². The molecule has 0 aliphatic heterocycles. The van der Waals surface area contributed by atoms with Crippen LogP contribution in [0.2, 0.25) is 0 Å². The molecule has 0 radical (unpaired) electrons. The Labute approximate surface area is 170 Å². The monoisotopic (exact) mass is 415 g/mol. The summed E-state index contributed by atoms with van der Waals surface area (Å²) in [5.74, 6) is -0.635. The number of nitrogens with zero attached hydrogens (tertiary/aromatic N) is 1.